The molecule has 0 N–H and O–H groups in total. The van der Waals surface area contributed by atoms with E-state index in [9.17, 15) is 8.78 Å². The largest absolute Gasteiger partial charge is 0.434 e. The standard InChI is InChI=1S/C23H26F2N6O2/c1-15-9-29(10-16(2)32-15)11-17-7-19-21(26-8-17)30(14-31-22(19)27-13-28-31)12-18-5-3-4-6-20(18)33-23(24)25/h3-8,13,15-16,23H,9-12,14H2,1-2H3/t15-,16+. The SMILES string of the molecule is C[C@@H]1CN(Cc2cnc3c(c2)-c2ncnn2CN3Cc2ccccc2OC(F)F)C[C@H](C)O1. The van der Waals surface area contributed by atoms with Gasteiger partial charge in [-0.1, -0.05) is 18.2 Å². The molecule has 2 aromatic heterocycles. The van der Waals surface area contributed by atoms with E-state index in [0.717, 1.165) is 42.4 Å². The fraction of sp³-hybridized carbons (Fsp3) is 0.435. The maximum Gasteiger partial charge on any atom is 0.387 e. The number of aromatic nitrogens is 4. The second-order valence-corrected chi connectivity index (χ2v) is 8.57. The number of ether oxygens (including phenoxy) is 2. The van der Waals surface area contributed by atoms with Gasteiger partial charge in [0.15, 0.2) is 5.82 Å². The minimum Gasteiger partial charge on any atom is -0.434 e. The molecule has 2 aliphatic heterocycles. The highest BCUT2D eigenvalue weighted by molar-refractivity contribution is 5.73. The summed E-state index contributed by atoms with van der Waals surface area (Å²) in [5.74, 6) is 1.65. The van der Waals surface area contributed by atoms with Gasteiger partial charge in [0.1, 0.15) is 24.6 Å². The summed E-state index contributed by atoms with van der Waals surface area (Å²) in [7, 11) is 0. The number of hydrogen-bond acceptors (Lipinski definition) is 7. The van der Waals surface area contributed by atoms with Crippen LogP contribution in [-0.2, 0) is 24.5 Å². The summed E-state index contributed by atoms with van der Waals surface area (Å²) in [5, 5.41) is 4.34. The number of morpholine rings is 1. The van der Waals surface area contributed by atoms with Gasteiger partial charge in [0, 0.05) is 37.9 Å². The first kappa shape index (κ1) is 21.7. The van der Waals surface area contributed by atoms with Crippen molar-refractivity contribution in [3.63, 3.8) is 0 Å². The van der Waals surface area contributed by atoms with Gasteiger partial charge in [-0.2, -0.15) is 13.9 Å². The first-order valence-corrected chi connectivity index (χ1v) is 11.0. The van der Waals surface area contributed by atoms with Gasteiger partial charge < -0.3 is 14.4 Å². The van der Waals surface area contributed by atoms with Gasteiger partial charge in [-0.05, 0) is 31.5 Å². The van der Waals surface area contributed by atoms with E-state index in [1.165, 1.54) is 6.33 Å². The number of halogens is 2. The lowest BCUT2D eigenvalue weighted by atomic mass is 10.1. The normalized spacial score (nSPS) is 20.6. The molecule has 8 nitrogen and oxygen atoms in total. The maximum atomic E-state index is 12.9. The van der Waals surface area contributed by atoms with Crippen LogP contribution in [0.25, 0.3) is 11.4 Å². The van der Waals surface area contributed by atoms with Crippen molar-refractivity contribution in [1.29, 1.82) is 0 Å². The zero-order valence-electron chi connectivity index (χ0n) is 18.6. The van der Waals surface area contributed by atoms with Crippen molar-refractivity contribution in [1.82, 2.24) is 24.6 Å². The van der Waals surface area contributed by atoms with Crippen molar-refractivity contribution < 1.29 is 18.3 Å². The minimum absolute atomic E-state index is 0.158. The second kappa shape index (κ2) is 9.03. The van der Waals surface area contributed by atoms with Gasteiger partial charge >= 0.3 is 6.61 Å². The van der Waals surface area contributed by atoms with E-state index in [1.807, 2.05) is 11.1 Å². The highest BCUT2D eigenvalue weighted by Crippen LogP contribution is 2.35. The Morgan fingerprint density at radius 3 is 2.70 bits per heavy atom. The molecule has 2 atom stereocenters. The summed E-state index contributed by atoms with van der Waals surface area (Å²) in [6, 6.07) is 8.91. The molecular weight excluding hydrogens is 430 g/mol. The van der Waals surface area contributed by atoms with Crippen molar-refractivity contribution in [2.75, 3.05) is 18.0 Å². The van der Waals surface area contributed by atoms with E-state index >= 15 is 0 Å². The smallest absolute Gasteiger partial charge is 0.387 e. The van der Waals surface area contributed by atoms with E-state index in [1.54, 1.807) is 28.9 Å². The van der Waals surface area contributed by atoms with Crippen LogP contribution in [0.2, 0.25) is 0 Å². The fourth-order valence-electron chi connectivity index (χ4n) is 4.66. The molecule has 0 saturated carbocycles. The number of para-hydroxylation sites is 1. The Hall–Kier alpha value is -3.11. The molecule has 10 heteroatoms. The number of hydrogen-bond donors (Lipinski definition) is 0. The van der Waals surface area contributed by atoms with Gasteiger partial charge in [-0.3, -0.25) is 4.90 Å². The van der Waals surface area contributed by atoms with Gasteiger partial charge in [0.05, 0.1) is 17.8 Å². The van der Waals surface area contributed by atoms with Crippen LogP contribution in [0.4, 0.5) is 14.6 Å². The molecule has 0 amide bonds. The predicted octanol–water partition coefficient (Wildman–Crippen LogP) is 3.53. The highest BCUT2D eigenvalue weighted by Gasteiger charge is 2.28. The second-order valence-electron chi connectivity index (χ2n) is 8.57. The van der Waals surface area contributed by atoms with Crippen LogP contribution >= 0.6 is 0 Å². The number of benzene rings is 1. The first-order chi connectivity index (χ1) is 16.0. The highest BCUT2D eigenvalue weighted by atomic mass is 19.3. The Balaban J connectivity index is 1.43. The Morgan fingerprint density at radius 1 is 1.12 bits per heavy atom. The molecule has 5 rings (SSSR count). The average Bonchev–Trinajstić information content (AvgIpc) is 3.23. The Bertz CT molecular complexity index is 1110. The number of rotatable bonds is 6. The number of anilines is 1. The summed E-state index contributed by atoms with van der Waals surface area (Å²) in [6.07, 6.45) is 3.78. The van der Waals surface area contributed by atoms with E-state index in [2.05, 4.69) is 34.9 Å². The molecule has 0 radical (unpaired) electrons. The van der Waals surface area contributed by atoms with Crippen molar-refractivity contribution in [2.45, 2.75) is 52.4 Å². The Labute approximate surface area is 190 Å². The average molecular weight is 456 g/mol. The zero-order chi connectivity index (χ0) is 22.9. The summed E-state index contributed by atoms with van der Waals surface area (Å²) in [5.41, 5.74) is 2.60. The number of nitrogens with zero attached hydrogens (tertiary/aromatic N) is 6. The molecule has 1 fully saturated rings. The molecule has 1 aromatic carbocycles. The topological polar surface area (TPSA) is 68.5 Å². The van der Waals surface area contributed by atoms with Crippen LogP contribution in [0.15, 0.2) is 42.9 Å². The first-order valence-electron chi connectivity index (χ1n) is 11.0. The zero-order valence-corrected chi connectivity index (χ0v) is 18.6. The fourth-order valence-corrected chi connectivity index (χ4v) is 4.66. The van der Waals surface area contributed by atoms with Crippen molar-refractivity contribution in [2.24, 2.45) is 0 Å². The van der Waals surface area contributed by atoms with Gasteiger partial charge in [-0.15, -0.1) is 0 Å². The van der Waals surface area contributed by atoms with E-state index in [4.69, 9.17) is 14.5 Å². The molecule has 1 saturated heterocycles. The van der Waals surface area contributed by atoms with Crippen molar-refractivity contribution >= 4 is 5.82 Å². The number of alkyl halides is 2. The van der Waals surface area contributed by atoms with E-state index in [-0.39, 0.29) is 18.0 Å². The predicted molar refractivity (Wildman–Crippen MR) is 118 cm³/mol. The summed E-state index contributed by atoms with van der Waals surface area (Å²) >= 11 is 0. The lowest BCUT2D eigenvalue weighted by Crippen LogP contribution is -2.44. The third-order valence-electron chi connectivity index (χ3n) is 5.84. The monoisotopic (exact) mass is 456 g/mol. The Kier molecular flexibility index (Phi) is 5.94. The van der Waals surface area contributed by atoms with E-state index < -0.39 is 6.61 Å². The van der Waals surface area contributed by atoms with Gasteiger partial charge in [0.2, 0.25) is 0 Å². The quantitative estimate of drug-likeness (QED) is 0.562. The van der Waals surface area contributed by atoms with Crippen molar-refractivity contribution in [3.05, 3.63) is 54.0 Å². The lowest BCUT2D eigenvalue weighted by molar-refractivity contribution is -0.0705. The molecule has 33 heavy (non-hydrogen) atoms. The van der Waals surface area contributed by atoms with Gasteiger partial charge in [-0.25, -0.2) is 14.6 Å². The molecule has 174 valence electrons. The minimum atomic E-state index is -2.88. The van der Waals surface area contributed by atoms with Crippen LogP contribution in [0, 0.1) is 0 Å². The van der Waals surface area contributed by atoms with Crippen LogP contribution in [0.5, 0.6) is 5.75 Å². The third-order valence-corrected chi connectivity index (χ3v) is 5.84. The van der Waals surface area contributed by atoms with Crippen LogP contribution in [-0.4, -0.2) is 56.6 Å². The molecule has 0 aliphatic carbocycles. The Morgan fingerprint density at radius 2 is 1.91 bits per heavy atom. The van der Waals surface area contributed by atoms with Gasteiger partial charge in [0.25, 0.3) is 0 Å². The lowest BCUT2D eigenvalue weighted by Gasteiger charge is -2.35. The molecule has 0 spiro atoms. The summed E-state index contributed by atoms with van der Waals surface area (Å²) < 4.78 is 38.1. The third kappa shape index (κ3) is 4.67. The summed E-state index contributed by atoms with van der Waals surface area (Å²) in [4.78, 5) is 13.6. The number of fused-ring (bicyclic) bond motifs is 3. The van der Waals surface area contributed by atoms with Crippen LogP contribution in [0.3, 0.4) is 0 Å². The molecule has 3 aromatic rings. The molecule has 4 heterocycles. The molecular formula is C23H26F2N6O2. The maximum absolute atomic E-state index is 12.9. The molecule has 0 unspecified atom stereocenters. The number of pyridine rings is 1. The van der Waals surface area contributed by atoms with Crippen LogP contribution < -0.4 is 9.64 Å². The van der Waals surface area contributed by atoms with E-state index in [0.29, 0.717) is 18.8 Å². The summed E-state index contributed by atoms with van der Waals surface area (Å²) in [6.45, 7) is 4.55. The molecule has 2 aliphatic rings. The van der Waals surface area contributed by atoms with Crippen LogP contribution in [0.1, 0.15) is 25.0 Å². The molecule has 0 bridgehead atoms. The van der Waals surface area contributed by atoms with Crippen molar-refractivity contribution in [3.8, 4) is 17.1 Å².